The van der Waals surface area contributed by atoms with Crippen molar-refractivity contribution in [2.75, 3.05) is 29.7 Å². The van der Waals surface area contributed by atoms with Gasteiger partial charge in [0.25, 0.3) is 0 Å². The molecule has 132 valence electrons. The quantitative estimate of drug-likeness (QED) is 0.377. The molecule has 26 heavy (non-hydrogen) atoms. The number of carboxylic acids is 1. The topological polar surface area (TPSA) is 68.1 Å². The van der Waals surface area contributed by atoms with Crippen LogP contribution in [0.15, 0.2) is 52.7 Å². The van der Waals surface area contributed by atoms with Gasteiger partial charge in [-0.25, -0.2) is 0 Å². The van der Waals surface area contributed by atoms with Crippen molar-refractivity contribution in [3.8, 4) is 0 Å². The number of rotatable bonds is 8. The van der Waals surface area contributed by atoms with E-state index >= 15 is 0 Å². The van der Waals surface area contributed by atoms with Crippen LogP contribution >= 0.6 is 23.2 Å². The number of aryl methyl sites for hydroxylation is 1. The van der Waals surface area contributed by atoms with Crippen LogP contribution in [0.5, 0.6) is 0 Å². The standard InChI is InChI=1S/C18H19Cl2N3O2.Na/c1-13-12-14(23(10-8-19)11-9-20)6-7-16(13)21-22-17-5-3-2-4-15(17)18(24)25;/h2-7,12H,8-11H2,1H3,(H,24,25);/q;+1/p-1. The van der Waals surface area contributed by atoms with Gasteiger partial charge in [0.05, 0.1) is 17.3 Å². The first-order chi connectivity index (χ1) is 12.1. The zero-order valence-corrected chi connectivity index (χ0v) is 18.3. The largest absolute Gasteiger partial charge is 1.00 e. The van der Waals surface area contributed by atoms with E-state index in [2.05, 4.69) is 15.1 Å². The van der Waals surface area contributed by atoms with Gasteiger partial charge in [-0.1, -0.05) is 18.2 Å². The molecule has 0 atom stereocenters. The summed E-state index contributed by atoms with van der Waals surface area (Å²) in [5, 5.41) is 19.3. The fourth-order valence-electron chi connectivity index (χ4n) is 2.36. The summed E-state index contributed by atoms with van der Waals surface area (Å²) in [5.41, 5.74) is 2.86. The second kappa shape index (κ2) is 11.6. The molecule has 8 heteroatoms. The predicted molar refractivity (Wildman–Crippen MR) is 99.8 cm³/mol. The molecule has 0 aliphatic heterocycles. The molecular weight excluding hydrogens is 384 g/mol. The first kappa shape index (κ1) is 22.9. The minimum atomic E-state index is -1.28. The molecule has 0 saturated carbocycles. The molecule has 0 unspecified atom stereocenters. The summed E-state index contributed by atoms with van der Waals surface area (Å²) in [6.45, 7) is 3.32. The number of alkyl halides is 2. The van der Waals surface area contributed by atoms with Crippen molar-refractivity contribution in [3.63, 3.8) is 0 Å². The molecule has 0 aliphatic carbocycles. The smallest absolute Gasteiger partial charge is 0.545 e. The van der Waals surface area contributed by atoms with Gasteiger partial charge >= 0.3 is 29.6 Å². The minimum Gasteiger partial charge on any atom is -0.545 e. The fraction of sp³-hybridized carbons (Fsp3) is 0.278. The van der Waals surface area contributed by atoms with E-state index in [0.717, 1.165) is 11.3 Å². The Morgan fingerprint density at radius 3 is 2.23 bits per heavy atom. The Morgan fingerprint density at radius 2 is 1.65 bits per heavy atom. The van der Waals surface area contributed by atoms with E-state index in [0.29, 0.717) is 30.5 Å². The Kier molecular flexibility index (Phi) is 10.2. The zero-order chi connectivity index (χ0) is 18.2. The van der Waals surface area contributed by atoms with Crippen molar-refractivity contribution >= 4 is 46.2 Å². The van der Waals surface area contributed by atoms with Crippen molar-refractivity contribution in [1.82, 2.24) is 0 Å². The summed E-state index contributed by atoms with van der Waals surface area (Å²) in [4.78, 5) is 13.2. The van der Waals surface area contributed by atoms with Crippen LogP contribution in [0, 0.1) is 6.92 Å². The van der Waals surface area contributed by atoms with Gasteiger partial charge in [0.15, 0.2) is 0 Å². The maximum atomic E-state index is 11.1. The summed E-state index contributed by atoms with van der Waals surface area (Å²) >= 11 is 11.7. The molecule has 0 aromatic heterocycles. The van der Waals surface area contributed by atoms with Crippen molar-refractivity contribution in [2.24, 2.45) is 10.2 Å². The first-order valence-electron chi connectivity index (χ1n) is 7.76. The summed E-state index contributed by atoms with van der Waals surface area (Å²) in [7, 11) is 0. The second-order valence-electron chi connectivity index (χ2n) is 5.34. The van der Waals surface area contributed by atoms with Crippen LogP contribution in [0.25, 0.3) is 0 Å². The molecule has 2 aromatic rings. The van der Waals surface area contributed by atoms with Crippen LogP contribution in [0.4, 0.5) is 17.1 Å². The van der Waals surface area contributed by atoms with E-state index < -0.39 is 5.97 Å². The molecule has 0 spiro atoms. The normalized spacial score (nSPS) is 10.6. The zero-order valence-electron chi connectivity index (χ0n) is 14.8. The van der Waals surface area contributed by atoms with Crippen molar-refractivity contribution < 1.29 is 39.5 Å². The molecule has 0 saturated heterocycles. The number of benzene rings is 2. The number of nitrogens with zero attached hydrogens (tertiary/aromatic N) is 3. The average molecular weight is 402 g/mol. The van der Waals surface area contributed by atoms with Crippen LogP contribution in [-0.4, -0.2) is 30.8 Å². The SMILES string of the molecule is Cc1cc(N(CCCl)CCCl)ccc1N=Nc1ccccc1C(=O)[O-].[Na+]. The summed E-state index contributed by atoms with van der Waals surface area (Å²) in [6.07, 6.45) is 0. The van der Waals surface area contributed by atoms with Crippen molar-refractivity contribution in [2.45, 2.75) is 6.92 Å². The Labute approximate surface area is 185 Å². The predicted octanol–water partition coefficient (Wildman–Crippen LogP) is 1.06. The molecule has 0 amide bonds. The number of halogens is 2. The maximum Gasteiger partial charge on any atom is 1.00 e. The van der Waals surface area contributed by atoms with E-state index in [-0.39, 0.29) is 40.8 Å². The van der Waals surface area contributed by atoms with Crippen LogP contribution < -0.4 is 39.6 Å². The molecule has 0 bridgehead atoms. The summed E-state index contributed by atoms with van der Waals surface area (Å²) in [5.74, 6) is -0.256. The molecular formula is C18H18Cl2N3NaO2. The molecule has 2 aromatic carbocycles. The van der Waals surface area contributed by atoms with Crippen LogP contribution in [0.2, 0.25) is 0 Å². The van der Waals surface area contributed by atoms with E-state index in [4.69, 9.17) is 23.2 Å². The van der Waals surface area contributed by atoms with Gasteiger partial charge in [-0.05, 0) is 36.8 Å². The van der Waals surface area contributed by atoms with Gasteiger partial charge in [-0.2, -0.15) is 5.11 Å². The second-order valence-corrected chi connectivity index (χ2v) is 6.10. The minimum absolute atomic E-state index is 0. The Morgan fingerprint density at radius 1 is 1.04 bits per heavy atom. The maximum absolute atomic E-state index is 11.1. The number of anilines is 1. The average Bonchev–Trinajstić information content (AvgIpc) is 2.60. The Bertz CT molecular complexity index is 766. The van der Waals surface area contributed by atoms with Gasteiger partial charge in [-0.15, -0.1) is 28.3 Å². The summed E-state index contributed by atoms with van der Waals surface area (Å²) in [6, 6.07) is 12.1. The molecule has 0 aliphatic rings. The van der Waals surface area contributed by atoms with Gasteiger partial charge in [0.1, 0.15) is 0 Å². The van der Waals surface area contributed by atoms with Crippen molar-refractivity contribution in [3.05, 3.63) is 53.6 Å². The van der Waals surface area contributed by atoms with Gasteiger partial charge in [-0.3, -0.25) is 0 Å². The van der Waals surface area contributed by atoms with E-state index in [1.54, 1.807) is 18.2 Å². The molecule has 0 radical (unpaired) electrons. The molecule has 2 rings (SSSR count). The third kappa shape index (κ3) is 6.25. The number of carboxylic acid groups (broad SMARTS) is 1. The Balaban J connectivity index is 0.00000338. The number of hydrogen-bond donors (Lipinski definition) is 0. The van der Waals surface area contributed by atoms with Crippen LogP contribution in [0.3, 0.4) is 0 Å². The van der Waals surface area contributed by atoms with Gasteiger partial charge in [0.2, 0.25) is 0 Å². The number of aromatic carboxylic acids is 1. The third-order valence-electron chi connectivity index (χ3n) is 3.64. The van der Waals surface area contributed by atoms with Crippen LogP contribution in [0.1, 0.15) is 15.9 Å². The Hall–Kier alpha value is -1.11. The number of carbonyl (C=O) groups is 1. The number of carbonyl (C=O) groups excluding carboxylic acids is 1. The van der Waals surface area contributed by atoms with E-state index in [1.807, 2.05) is 25.1 Å². The first-order valence-corrected chi connectivity index (χ1v) is 8.83. The molecule has 0 fully saturated rings. The van der Waals surface area contributed by atoms with Gasteiger partial charge < -0.3 is 14.8 Å². The van der Waals surface area contributed by atoms with E-state index in [1.165, 1.54) is 6.07 Å². The van der Waals surface area contributed by atoms with Crippen LogP contribution in [-0.2, 0) is 0 Å². The van der Waals surface area contributed by atoms with Gasteiger partial charge in [0, 0.05) is 36.1 Å². The number of azo groups is 1. The fourth-order valence-corrected chi connectivity index (χ4v) is 2.77. The van der Waals surface area contributed by atoms with E-state index in [9.17, 15) is 9.90 Å². The molecule has 5 nitrogen and oxygen atoms in total. The monoisotopic (exact) mass is 401 g/mol. The third-order valence-corrected chi connectivity index (χ3v) is 3.98. The number of hydrogen-bond acceptors (Lipinski definition) is 5. The van der Waals surface area contributed by atoms with Crippen molar-refractivity contribution in [1.29, 1.82) is 0 Å². The molecule has 0 heterocycles. The molecule has 0 N–H and O–H groups in total. The summed E-state index contributed by atoms with van der Waals surface area (Å²) < 4.78 is 0.